The zero-order valence-electron chi connectivity index (χ0n) is 27.2. The van der Waals surface area contributed by atoms with Gasteiger partial charge in [0.25, 0.3) is 0 Å². The number of rotatable bonds is 14. The summed E-state index contributed by atoms with van der Waals surface area (Å²) in [5.74, 6) is -7.41. The van der Waals surface area contributed by atoms with Crippen LogP contribution in [0.1, 0.15) is 93.7 Å². The minimum absolute atomic E-state index is 0.0930. The van der Waals surface area contributed by atoms with Crippen LogP contribution in [-0.2, 0) is 33.3 Å². The number of nitrogens with one attached hydrogen (secondary N) is 2. The monoisotopic (exact) mass is 644 g/mol. The van der Waals surface area contributed by atoms with Crippen LogP contribution in [-0.4, -0.2) is 69.9 Å². The second-order valence-electron chi connectivity index (χ2n) is 12.2. The maximum absolute atomic E-state index is 15.8. The molecular formula is C30H46F2N4O9. The fourth-order valence-electron chi connectivity index (χ4n) is 4.54. The second kappa shape index (κ2) is 16.1. The highest BCUT2D eigenvalue weighted by Crippen LogP contribution is 2.44. The number of hydrogen-bond acceptors (Lipinski definition) is 10. The lowest BCUT2D eigenvalue weighted by Gasteiger charge is -2.25. The first-order valence-electron chi connectivity index (χ1n) is 15.2. The summed E-state index contributed by atoms with van der Waals surface area (Å²) < 4.78 is 53.1. The molecule has 0 bridgehead atoms. The van der Waals surface area contributed by atoms with Gasteiger partial charge in [0.2, 0.25) is 12.1 Å². The lowest BCUT2D eigenvalue weighted by molar-refractivity contribution is -0.180. The predicted octanol–water partition coefficient (Wildman–Crippen LogP) is 4.35. The zero-order chi connectivity index (χ0) is 34.1. The molecule has 254 valence electrons. The van der Waals surface area contributed by atoms with Gasteiger partial charge in [-0.2, -0.15) is 13.8 Å². The quantitative estimate of drug-likeness (QED) is 0.220. The third-order valence-electron chi connectivity index (χ3n) is 6.82. The summed E-state index contributed by atoms with van der Waals surface area (Å²) in [5.41, 5.74) is -1.99. The van der Waals surface area contributed by atoms with E-state index in [9.17, 15) is 24.0 Å². The van der Waals surface area contributed by atoms with Crippen LogP contribution in [0.15, 0.2) is 17.1 Å². The second-order valence-corrected chi connectivity index (χ2v) is 12.2. The third kappa shape index (κ3) is 10.5. The van der Waals surface area contributed by atoms with Crippen LogP contribution in [0.2, 0.25) is 0 Å². The Morgan fingerprint density at radius 1 is 1.09 bits per heavy atom. The molecule has 0 aromatic carbocycles. The largest absolute Gasteiger partial charge is 0.461 e. The third-order valence-corrected chi connectivity index (χ3v) is 6.82. The molecule has 45 heavy (non-hydrogen) atoms. The number of aromatic nitrogens is 2. The number of nitrogens with zero attached hydrogens (tertiary/aromatic N) is 2. The number of anilines is 1. The van der Waals surface area contributed by atoms with Gasteiger partial charge in [-0.25, -0.2) is 14.4 Å². The van der Waals surface area contributed by atoms with E-state index in [1.54, 1.807) is 27.7 Å². The van der Waals surface area contributed by atoms with Gasteiger partial charge in [0.05, 0.1) is 5.92 Å². The molecular weight excluding hydrogens is 598 g/mol. The van der Waals surface area contributed by atoms with Gasteiger partial charge in [0.1, 0.15) is 30.2 Å². The summed E-state index contributed by atoms with van der Waals surface area (Å²) in [6, 6.07) is 0.0164. The van der Waals surface area contributed by atoms with Gasteiger partial charge in [0, 0.05) is 12.1 Å². The van der Waals surface area contributed by atoms with Crippen LogP contribution in [0.3, 0.4) is 0 Å². The van der Waals surface area contributed by atoms with Gasteiger partial charge in [-0.15, -0.1) is 0 Å². The molecule has 2 rings (SSSR count). The van der Waals surface area contributed by atoms with Crippen LogP contribution < -0.4 is 16.3 Å². The minimum Gasteiger partial charge on any atom is -0.461 e. The van der Waals surface area contributed by atoms with Crippen molar-refractivity contribution in [2.75, 3.05) is 11.9 Å². The van der Waals surface area contributed by atoms with Gasteiger partial charge in [-0.3, -0.25) is 14.2 Å². The smallest absolute Gasteiger partial charge is 0.408 e. The zero-order valence-corrected chi connectivity index (χ0v) is 27.2. The maximum Gasteiger partial charge on any atom is 0.408 e. The van der Waals surface area contributed by atoms with Gasteiger partial charge >= 0.3 is 29.6 Å². The molecule has 1 fully saturated rings. The Kier molecular flexibility index (Phi) is 13.4. The van der Waals surface area contributed by atoms with E-state index >= 15 is 8.78 Å². The van der Waals surface area contributed by atoms with Gasteiger partial charge in [0.15, 0.2) is 6.10 Å². The summed E-state index contributed by atoms with van der Waals surface area (Å²) in [7, 11) is 0. The van der Waals surface area contributed by atoms with E-state index in [1.165, 1.54) is 19.9 Å². The molecule has 0 spiro atoms. The number of alkyl carbamates (subject to hydrolysis) is 1. The molecule has 15 heteroatoms. The standard InChI is InChI=1S/C30H46F2N4O9/c1-9-12-18(13-10-2)23(37)34-21-14-15-36(27(40)35-21)26-30(31,32)22(44-24(38)17(4)5)20(43-26)16-42-25(39)19(11-3)33-28(41)45-29(6,7)8/h14-15,17-20,22,26H,9-13,16H2,1-8H3,(H,33,41)(H,34,35,37,40)/t19-,20-,22-,26-/m1/s1. The molecule has 1 saturated heterocycles. The SMILES string of the molecule is CCCC(CCC)C(=O)Nc1ccn([C@@H]2O[C@H](COC(=O)[C@@H](CC)NC(=O)OC(C)(C)C)[C@@H](OC(=O)C(C)C)C2(F)F)c(=O)n1. The molecule has 0 radical (unpaired) electrons. The Balaban J connectivity index is 2.28. The minimum atomic E-state index is -3.97. The fraction of sp³-hybridized carbons (Fsp3) is 0.733. The highest BCUT2D eigenvalue weighted by atomic mass is 19.3. The first kappa shape index (κ1) is 37.6. The fourth-order valence-corrected chi connectivity index (χ4v) is 4.54. The summed E-state index contributed by atoms with van der Waals surface area (Å²) in [4.78, 5) is 66.6. The van der Waals surface area contributed by atoms with Crippen LogP contribution in [0.4, 0.5) is 19.4 Å². The normalized spacial score (nSPS) is 20.0. The number of halogens is 2. The lowest BCUT2D eigenvalue weighted by atomic mass is 9.97. The van der Waals surface area contributed by atoms with Crippen molar-refractivity contribution >= 4 is 29.8 Å². The topological polar surface area (TPSA) is 164 Å². The Morgan fingerprint density at radius 2 is 1.71 bits per heavy atom. The van der Waals surface area contributed by atoms with Crippen molar-refractivity contribution in [1.29, 1.82) is 0 Å². The number of carbonyl (C=O) groups excluding carboxylic acids is 4. The number of carbonyl (C=O) groups is 4. The molecule has 0 aliphatic carbocycles. The summed E-state index contributed by atoms with van der Waals surface area (Å²) in [6.07, 6.45) is -3.18. The van der Waals surface area contributed by atoms with Crippen LogP contribution in [0.5, 0.6) is 0 Å². The summed E-state index contributed by atoms with van der Waals surface area (Å²) >= 11 is 0. The van der Waals surface area contributed by atoms with Crippen LogP contribution in [0.25, 0.3) is 0 Å². The first-order chi connectivity index (χ1) is 20.9. The number of alkyl halides is 2. The van der Waals surface area contributed by atoms with E-state index in [4.69, 9.17) is 18.9 Å². The van der Waals surface area contributed by atoms with Crippen molar-refractivity contribution in [1.82, 2.24) is 14.9 Å². The van der Waals surface area contributed by atoms with E-state index in [2.05, 4.69) is 15.6 Å². The van der Waals surface area contributed by atoms with Crippen molar-refractivity contribution in [2.24, 2.45) is 11.8 Å². The van der Waals surface area contributed by atoms with Gasteiger partial charge in [-0.05, 0) is 46.1 Å². The average Bonchev–Trinajstić information content (AvgIpc) is 3.18. The molecule has 13 nitrogen and oxygen atoms in total. The van der Waals surface area contributed by atoms with E-state index in [0.29, 0.717) is 17.4 Å². The molecule has 2 amide bonds. The Labute approximate surface area is 261 Å². The van der Waals surface area contributed by atoms with Crippen molar-refractivity contribution < 1.29 is 46.9 Å². The van der Waals surface area contributed by atoms with Crippen LogP contribution in [0, 0.1) is 11.8 Å². The summed E-state index contributed by atoms with van der Waals surface area (Å²) in [6.45, 7) is 12.5. The van der Waals surface area contributed by atoms with Crippen molar-refractivity contribution in [2.45, 2.75) is 123 Å². The number of esters is 2. The Bertz CT molecular complexity index is 1240. The summed E-state index contributed by atoms with van der Waals surface area (Å²) in [5, 5.41) is 4.93. The van der Waals surface area contributed by atoms with E-state index in [1.807, 2.05) is 13.8 Å². The number of hydrogen-bond donors (Lipinski definition) is 2. The van der Waals surface area contributed by atoms with E-state index in [0.717, 1.165) is 19.0 Å². The maximum atomic E-state index is 15.8. The molecule has 2 N–H and O–H groups in total. The van der Waals surface area contributed by atoms with Gasteiger partial charge < -0.3 is 29.6 Å². The highest BCUT2D eigenvalue weighted by Gasteiger charge is 2.63. The molecule has 1 aromatic heterocycles. The van der Waals surface area contributed by atoms with Crippen molar-refractivity contribution in [3.8, 4) is 0 Å². The number of amides is 2. The molecule has 4 atom stereocenters. The Hall–Kier alpha value is -3.62. The van der Waals surface area contributed by atoms with Gasteiger partial charge in [-0.1, -0.05) is 47.5 Å². The molecule has 1 aliphatic heterocycles. The molecule has 0 unspecified atom stereocenters. The number of ether oxygens (including phenoxy) is 4. The van der Waals surface area contributed by atoms with E-state index in [-0.39, 0.29) is 24.1 Å². The molecule has 2 heterocycles. The average molecular weight is 645 g/mol. The van der Waals surface area contributed by atoms with E-state index < -0.39 is 72.2 Å². The molecule has 1 aromatic rings. The Morgan fingerprint density at radius 3 is 2.22 bits per heavy atom. The lowest BCUT2D eigenvalue weighted by Crippen LogP contribution is -2.47. The predicted molar refractivity (Wildman–Crippen MR) is 158 cm³/mol. The van der Waals surface area contributed by atoms with Crippen molar-refractivity contribution in [3.05, 3.63) is 22.7 Å². The molecule has 1 aliphatic rings. The first-order valence-corrected chi connectivity index (χ1v) is 15.2. The van der Waals surface area contributed by atoms with Crippen molar-refractivity contribution in [3.63, 3.8) is 0 Å². The highest BCUT2D eigenvalue weighted by molar-refractivity contribution is 5.91. The van der Waals surface area contributed by atoms with Crippen LogP contribution >= 0.6 is 0 Å². The molecule has 0 saturated carbocycles.